The van der Waals surface area contributed by atoms with Crippen molar-refractivity contribution in [3.8, 4) is 11.4 Å². The van der Waals surface area contributed by atoms with Crippen LogP contribution in [-0.2, 0) is 18.0 Å². The molecule has 2 rings (SSSR count). The van der Waals surface area contributed by atoms with E-state index in [1.807, 2.05) is 0 Å². The lowest BCUT2D eigenvalue weighted by molar-refractivity contribution is -0.140. The summed E-state index contributed by atoms with van der Waals surface area (Å²) in [5.41, 5.74) is -0.315. The van der Waals surface area contributed by atoms with Crippen molar-refractivity contribution in [1.82, 2.24) is 9.55 Å². The van der Waals surface area contributed by atoms with Gasteiger partial charge in [-0.25, -0.2) is 4.98 Å². The molecular formula is C13H12BrF3N2. The van der Waals surface area contributed by atoms with Gasteiger partial charge in [0.05, 0.1) is 0 Å². The number of halogens is 4. The van der Waals surface area contributed by atoms with E-state index in [1.165, 1.54) is 12.1 Å². The number of aryl methyl sites for hydroxylation is 1. The second-order valence-electron chi connectivity index (χ2n) is 3.76. The molecule has 0 aliphatic carbocycles. The molecule has 0 aliphatic heterocycles. The zero-order valence-electron chi connectivity index (χ0n) is 14.5. The van der Waals surface area contributed by atoms with Crippen LogP contribution in [0.15, 0.2) is 30.5 Å². The van der Waals surface area contributed by atoms with Crippen molar-refractivity contribution in [2.24, 2.45) is 0 Å². The van der Waals surface area contributed by atoms with E-state index in [2.05, 4.69) is 20.9 Å². The maximum absolute atomic E-state index is 13.0. The van der Waals surface area contributed by atoms with Gasteiger partial charge in [-0.2, -0.15) is 13.2 Å². The Morgan fingerprint density at radius 1 is 1.37 bits per heavy atom. The highest BCUT2D eigenvalue weighted by Gasteiger charge is 2.34. The molecule has 1 aromatic carbocycles. The molecule has 102 valence electrons. The third-order valence-corrected chi connectivity index (χ3v) is 3.13. The average molecular weight is 338 g/mol. The van der Waals surface area contributed by atoms with Crippen molar-refractivity contribution in [3.63, 3.8) is 0 Å². The minimum atomic E-state index is -4.82. The molecule has 2 nitrogen and oxygen atoms in total. The van der Waals surface area contributed by atoms with E-state index in [1.54, 1.807) is 12.1 Å². The Balaban J connectivity index is 2.67. The quantitative estimate of drug-likeness (QED) is 0.755. The average Bonchev–Trinajstić information content (AvgIpc) is 2.92. The second-order valence-corrected chi connectivity index (χ2v) is 4.32. The summed E-state index contributed by atoms with van der Waals surface area (Å²) in [6.45, 7) is -6.21. The fourth-order valence-electron chi connectivity index (χ4n) is 1.55. The van der Waals surface area contributed by atoms with Crippen LogP contribution in [0.5, 0.6) is 0 Å². The first-order valence-corrected chi connectivity index (χ1v) is 6.32. The van der Waals surface area contributed by atoms with Crippen molar-refractivity contribution >= 4 is 15.9 Å². The van der Waals surface area contributed by atoms with Gasteiger partial charge in [0.25, 0.3) is 0 Å². The molecule has 1 aromatic heterocycles. The minimum Gasteiger partial charge on any atom is -0.331 e. The van der Waals surface area contributed by atoms with Crippen LogP contribution in [0.4, 0.5) is 13.2 Å². The standard InChI is InChI=1S/C13H12BrF3N2/c1-2-19-8-11(13(15,16)17)18-12(19)10-5-3-9(7-14)4-6-10/h3-6,8H,2,7H2,1H3/i1D3,2D2. The van der Waals surface area contributed by atoms with Crippen LogP contribution < -0.4 is 0 Å². The van der Waals surface area contributed by atoms with Crippen LogP contribution in [0.1, 0.15) is 25.0 Å². The molecule has 0 N–H and O–H groups in total. The summed E-state index contributed by atoms with van der Waals surface area (Å²) < 4.78 is 76.7. The third kappa shape index (κ3) is 3.00. The topological polar surface area (TPSA) is 17.8 Å². The van der Waals surface area contributed by atoms with Crippen LogP contribution in [-0.4, -0.2) is 9.55 Å². The van der Waals surface area contributed by atoms with Gasteiger partial charge in [-0.15, -0.1) is 0 Å². The minimum absolute atomic E-state index is 0.184. The summed E-state index contributed by atoms with van der Waals surface area (Å²) in [4.78, 5) is 3.42. The summed E-state index contributed by atoms with van der Waals surface area (Å²) >= 11 is 3.24. The van der Waals surface area contributed by atoms with Crippen LogP contribution in [0.2, 0.25) is 0 Å². The lowest BCUT2D eigenvalue weighted by Crippen LogP contribution is -2.05. The summed E-state index contributed by atoms with van der Waals surface area (Å²) in [7, 11) is 0. The molecule has 0 fully saturated rings. The molecule has 0 atom stereocenters. The smallest absolute Gasteiger partial charge is 0.331 e. The first-order chi connectivity index (χ1) is 10.9. The van der Waals surface area contributed by atoms with Crippen LogP contribution in [0, 0.1) is 0 Å². The Labute approximate surface area is 124 Å². The van der Waals surface area contributed by atoms with Gasteiger partial charge in [-0.05, 0) is 12.4 Å². The Hall–Kier alpha value is -1.30. The van der Waals surface area contributed by atoms with Gasteiger partial charge < -0.3 is 4.57 Å². The summed E-state index contributed by atoms with van der Waals surface area (Å²) in [5, 5.41) is 0.533. The molecule has 0 unspecified atom stereocenters. The molecule has 0 saturated heterocycles. The lowest BCUT2D eigenvalue weighted by atomic mass is 10.1. The van der Waals surface area contributed by atoms with E-state index in [0.29, 0.717) is 16.1 Å². The number of benzene rings is 1. The third-order valence-electron chi connectivity index (χ3n) is 2.48. The maximum Gasteiger partial charge on any atom is 0.434 e. The molecule has 6 heteroatoms. The molecule has 0 radical (unpaired) electrons. The highest BCUT2D eigenvalue weighted by molar-refractivity contribution is 9.08. The van der Waals surface area contributed by atoms with Crippen molar-refractivity contribution in [3.05, 3.63) is 41.7 Å². The normalized spacial score (nSPS) is 17.2. The van der Waals surface area contributed by atoms with E-state index in [9.17, 15) is 13.2 Å². The Morgan fingerprint density at radius 2 is 2.05 bits per heavy atom. The van der Waals surface area contributed by atoms with Gasteiger partial charge in [-0.1, -0.05) is 40.2 Å². The fraction of sp³-hybridized carbons (Fsp3) is 0.308. The van der Waals surface area contributed by atoms with Gasteiger partial charge in [0.15, 0.2) is 5.69 Å². The van der Waals surface area contributed by atoms with E-state index in [0.717, 1.165) is 5.56 Å². The zero-order chi connectivity index (χ0) is 18.3. The first kappa shape index (κ1) is 8.79. The Bertz CT molecular complexity index is 723. The molecule has 0 aliphatic rings. The second kappa shape index (κ2) is 5.36. The number of aromatic nitrogens is 2. The zero-order valence-corrected chi connectivity index (χ0v) is 11.1. The van der Waals surface area contributed by atoms with Crippen LogP contribution >= 0.6 is 15.9 Å². The molecule has 1 heterocycles. The molecule has 0 saturated carbocycles. The number of imidazole rings is 1. The monoisotopic (exact) mass is 337 g/mol. The van der Waals surface area contributed by atoms with Gasteiger partial charge in [0, 0.05) is 30.4 Å². The molecule has 2 aromatic rings. The van der Waals surface area contributed by atoms with E-state index in [4.69, 9.17) is 6.85 Å². The number of nitrogens with zero attached hydrogens (tertiary/aromatic N) is 2. The highest BCUT2D eigenvalue weighted by Crippen LogP contribution is 2.31. The van der Waals surface area contributed by atoms with Crippen molar-refractivity contribution in [2.75, 3.05) is 0 Å². The number of alkyl halides is 4. The number of hydrogen-bond donors (Lipinski definition) is 0. The maximum atomic E-state index is 13.0. The van der Waals surface area contributed by atoms with Crippen LogP contribution in [0.3, 0.4) is 0 Å². The van der Waals surface area contributed by atoms with E-state index >= 15 is 0 Å². The summed E-state index contributed by atoms with van der Waals surface area (Å²) in [6, 6.07) is 6.18. The predicted molar refractivity (Wildman–Crippen MR) is 71.0 cm³/mol. The SMILES string of the molecule is [2H]C([2H])([2H])C([2H])([2H])n1cc(C(F)(F)F)nc1-c1ccc(CBr)cc1. The molecule has 0 spiro atoms. The fourth-order valence-corrected chi connectivity index (χ4v) is 1.92. The van der Waals surface area contributed by atoms with Gasteiger partial charge in [0.1, 0.15) is 5.82 Å². The number of rotatable bonds is 3. The predicted octanol–water partition coefficient (Wildman–Crippen LogP) is 4.48. The van der Waals surface area contributed by atoms with Gasteiger partial charge in [-0.3, -0.25) is 0 Å². The number of hydrogen-bond acceptors (Lipinski definition) is 1. The lowest BCUT2D eigenvalue weighted by Gasteiger charge is -2.04. The summed E-state index contributed by atoms with van der Waals surface area (Å²) in [5.74, 6) is -0.399. The molecule has 0 bridgehead atoms. The van der Waals surface area contributed by atoms with Crippen LogP contribution in [0.25, 0.3) is 11.4 Å². The van der Waals surface area contributed by atoms with Gasteiger partial charge in [0.2, 0.25) is 0 Å². The van der Waals surface area contributed by atoms with Crippen molar-refractivity contribution in [1.29, 1.82) is 0 Å². The Morgan fingerprint density at radius 3 is 2.58 bits per heavy atom. The van der Waals surface area contributed by atoms with Crippen molar-refractivity contribution < 1.29 is 20.0 Å². The molecule has 19 heavy (non-hydrogen) atoms. The first-order valence-electron chi connectivity index (χ1n) is 7.70. The highest BCUT2D eigenvalue weighted by atomic mass is 79.9. The molecule has 0 amide bonds. The van der Waals surface area contributed by atoms with Gasteiger partial charge >= 0.3 is 6.18 Å². The Kier molecular flexibility index (Phi) is 2.48. The largest absolute Gasteiger partial charge is 0.434 e. The van der Waals surface area contributed by atoms with Crippen molar-refractivity contribution in [2.45, 2.75) is 24.9 Å². The summed E-state index contributed by atoms with van der Waals surface area (Å²) in [6.07, 6.45) is -4.43. The van der Waals surface area contributed by atoms with E-state index < -0.39 is 31.0 Å². The van der Waals surface area contributed by atoms with E-state index in [-0.39, 0.29) is 5.56 Å². The molecular weight excluding hydrogens is 321 g/mol.